The van der Waals surface area contributed by atoms with E-state index < -0.39 is 0 Å². The second-order valence-electron chi connectivity index (χ2n) is 4.88. The fourth-order valence-electron chi connectivity index (χ4n) is 2.63. The Morgan fingerprint density at radius 2 is 2.28 bits per heavy atom. The molecule has 0 aromatic heterocycles. The number of aliphatic hydroxyl groups is 1. The minimum Gasteiger partial charge on any atom is -0.487 e. The van der Waals surface area contributed by atoms with Gasteiger partial charge >= 0.3 is 0 Å². The van der Waals surface area contributed by atoms with Gasteiger partial charge in [0.1, 0.15) is 6.10 Å². The third kappa shape index (κ3) is 2.82. The first-order valence-corrected chi connectivity index (χ1v) is 6.46. The van der Waals surface area contributed by atoms with E-state index in [1.54, 1.807) is 18.2 Å². The van der Waals surface area contributed by atoms with Gasteiger partial charge in [0.2, 0.25) is 0 Å². The van der Waals surface area contributed by atoms with E-state index in [2.05, 4.69) is 5.32 Å². The van der Waals surface area contributed by atoms with E-state index in [1.165, 1.54) is 6.07 Å². The summed E-state index contributed by atoms with van der Waals surface area (Å²) in [5.41, 5.74) is -0.259. The molecule has 0 aliphatic heterocycles. The van der Waals surface area contributed by atoms with Gasteiger partial charge in [0, 0.05) is 12.0 Å². The lowest BCUT2D eigenvalue weighted by molar-refractivity contribution is 0.140. The maximum Gasteiger partial charge on any atom is 0.165 e. The second kappa shape index (κ2) is 5.67. The molecule has 2 N–H and O–H groups in total. The van der Waals surface area contributed by atoms with Gasteiger partial charge in [0.25, 0.3) is 0 Å². The molecular formula is C14H20FNO2. The van der Waals surface area contributed by atoms with Crippen LogP contribution in [-0.2, 0) is 0 Å². The largest absolute Gasteiger partial charge is 0.487 e. The van der Waals surface area contributed by atoms with Gasteiger partial charge in [-0.2, -0.15) is 0 Å². The van der Waals surface area contributed by atoms with E-state index in [0.29, 0.717) is 12.2 Å². The zero-order valence-electron chi connectivity index (χ0n) is 10.7. The molecular weight excluding hydrogens is 233 g/mol. The predicted molar refractivity (Wildman–Crippen MR) is 68.2 cm³/mol. The van der Waals surface area contributed by atoms with Gasteiger partial charge in [-0.15, -0.1) is 0 Å². The summed E-state index contributed by atoms with van der Waals surface area (Å²) in [5, 5.41) is 12.8. The van der Waals surface area contributed by atoms with Gasteiger partial charge in [0.15, 0.2) is 11.6 Å². The van der Waals surface area contributed by atoms with Crippen molar-refractivity contribution in [2.24, 2.45) is 0 Å². The van der Waals surface area contributed by atoms with Crippen molar-refractivity contribution < 1.29 is 14.2 Å². The fourth-order valence-corrected chi connectivity index (χ4v) is 2.63. The molecule has 2 rings (SSSR count). The van der Waals surface area contributed by atoms with Crippen LogP contribution in [0.1, 0.15) is 26.2 Å². The van der Waals surface area contributed by atoms with E-state index in [1.807, 2.05) is 6.92 Å². The lowest BCUT2D eigenvalue weighted by Gasteiger charge is -2.27. The lowest BCUT2D eigenvalue weighted by Crippen LogP contribution is -2.46. The summed E-state index contributed by atoms with van der Waals surface area (Å²) in [6, 6.07) is 6.44. The van der Waals surface area contributed by atoms with Crippen molar-refractivity contribution in [2.45, 2.75) is 37.8 Å². The maximum atomic E-state index is 13.5. The number of aliphatic hydroxyl groups excluding tert-OH is 1. The number of para-hydroxylation sites is 1. The molecule has 0 radical (unpaired) electrons. The van der Waals surface area contributed by atoms with Crippen molar-refractivity contribution in [1.82, 2.24) is 5.32 Å². The van der Waals surface area contributed by atoms with Crippen LogP contribution < -0.4 is 10.1 Å². The van der Waals surface area contributed by atoms with Crippen LogP contribution >= 0.6 is 0 Å². The van der Waals surface area contributed by atoms with E-state index >= 15 is 0 Å². The minimum absolute atomic E-state index is 0.0342. The Hall–Kier alpha value is -1.13. The fraction of sp³-hybridized carbons (Fsp3) is 0.571. The molecule has 0 heterocycles. The highest BCUT2D eigenvalue weighted by Gasteiger charge is 2.39. The van der Waals surface area contributed by atoms with Crippen molar-refractivity contribution in [3.63, 3.8) is 0 Å². The average molecular weight is 253 g/mol. The smallest absolute Gasteiger partial charge is 0.165 e. The van der Waals surface area contributed by atoms with Crippen molar-refractivity contribution >= 4 is 0 Å². The number of rotatable bonds is 5. The summed E-state index contributed by atoms with van der Waals surface area (Å²) >= 11 is 0. The molecule has 18 heavy (non-hydrogen) atoms. The molecule has 2 atom stereocenters. The van der Waals surface area contributed by atoms with E-state index in [-0.39, 0.29) is 24.1 Å². The quantitative estimate of drug-likeness (QED) is 0.844. The molecule has 0 amide bonds. The van der Waals surface area contributed by atoms with Crippen LogP contribution in [-0.4, -0.2) is 29.9 Å². The number of benzene rings is 1. The summed E-state index contributed by atoms with van der Waals surface area (Å²) in [4.78, 5) is 0. The number of ether oxygens (including phenoxy) is 1. The minimum atomic E-state index is -0.331. The Balaban J connectivity index is 1.99. The third-order valence-corrected chi connectivity index (χ3v) is 3.55. The number of hydrogen-bond donors (Lipinski definition) is 2. The Bertz CT molecular complexity index is 399. The molecule has 3 nitrogen and oxygen atoms in total. The molecule has 1 aliphatic carbocycles. The molecule has 0 spiro atoms. The van der Waals surface area contributed by atoms with Gasteiger partial charge in [-0.25, -0.2) is 4.39 Å². The van der Waals surface area contributed by atoms with Crippen LogP contribution in [0.5, 0.6) is 5.75 Å². The number of likely N-dealkylation sites (N-methyl/N-ethyl adjacent to an activating group) is 1. The van der Waals surface area contributed by atoms with Crippen molar-refractivity contribution in [2.75, 3.05) is 13.2 Å². The normalized spacial score (nSPS) is 27.4. The van der Waals surface area contributed by atoms with Crippen molar-refractivity contribution in [3.8, 4) is 5.75 Å². The highest BCUT2D eigenvalue weighted by atomic mass is 19.1. The van der Waals surface area contributed by atoms with Crippen LogP contribution in [0.4, 0.5) is 4.39 Å². The van der Waals surface area contributed by atoms with E-state index in [0.717, 1.165) is 19.4 Å². The summed E-state index contributed by atoms with van der Waals surface area (Å²) in [6.45, 7) is 2.92. The Morgan fingerprint density at radius 3 is 2.94 bits per heavy atom. The average Bonchev–Trinajstić information content (AvgIpc) is 2.77. The summed E-state index contributed by atoms with van der Waals surface area (Å²) < 4.78 is 19.2. The van der Waals surface area contributed by atoms with Crippen molar-refractivity contribution in [1.29, 1.82) is 0 Å². The zero-order valence-corrected chi connectivity index (χ0v) is 10.7. The Kier molecular flexibility index (Phi) is 4.19. The molecule has 0 bridgehead atoms. The highest BCUT2D eigenvalue weighted by Crippen LogP contribution is 2.33. The summed E-state index contributed by atoms with van der Waals surface area (Å²) in [6.07, 6.45) is 2.37. The van der Waals surface area contributed by atoms with Crippen LogP contribution in [0.25, 0.3) is 0 Å². The highest BCUT2D eigenvalue weighted by molar-refractivity contribution is 5.24. The van der Waals surface area contributed by atoms with E-state index in [4.69, 9.17) is 4.74 Å². The molecule has 2 unspecified atom stereocenters. The van der Waals surface area contributed by atoms with Crippen LogP contribution in [0, 0.1) is 5.82 Å². The first kappa shape index (κ1) is 13.3. The zero-order chi connectivity index (χ0) is 13.0. The topological polar surface area (TPSA) is 41.5 Å². The van der Waals surface area contributed by atoms with Crippen LogP contribution in [0.2, 0.25) is 0 Å². The Labute approximate surface area is 107 Å². The third-order valence-electron chi connectivity index (χ3n) is 3.55. The number of hydrogen-bond acceptors (Lipinski definition) is 3. The van der Waals surface area contributed by atoms with Gasteiger partial charge in [0.05, 0.1) is 6.61 Å². The summed E-state index contributed by atoms with van der Waals surface area (Å²) in [5.74, 6) is -0.0322. The second-order valence-corrected chi connectivity index (χ2v) is 4.88. The SMILES string of the molecule is CCNC1(CO)CCC(Oc2ccccc2F)C1. The monoisotopic (exact) mass is 253 g/mol. The van der Waals surface area contributed by atoms with E-state index in [9.17, 15) is 9.50 Å². The van der Waals surface area contributed by atoms with Gasteiger partial charge < -0.3 is 15.2 Å². The predicted octanol–water partition coefficient (Wildman–Crippen LogP) is 2.10. The summed E-state index contributed by atoms with van der Waals surface area (Å²) in [7, 11) is 0. The molecule has 1 aromatic carbocycles. The van der Waals surface area contributed by atoms with Gasteiger partial charge in [-0.05, 0) is 31.5 Å². The van der Waals surface area contributed by atoms with Gasteiger partial charge in [-0.1, -0.05) is 19.1 Å². The number of halogens is 1. The molecule has 1 aromatic rings. The van der Waals surface area contributed by atoms with Crippen molar-refractivity contribution in [3.05, 3.63) is 30.1 Å². The van der Waals surface area contributed by atoms with Crippen LogP contribution in [0.15, 0.2) is 24.3 Å². The first-order valence-electron chi connectivity index (χ1n) is 6.46. The van der Waals surface area contributed by atoms with Crippen LogP contribution in [0.3, 0.4) is 0 Å². The molecule has 4 heteroatoms. The Morgan fingerprint density at radius 1 is 1.50 bits per heavy atom. The number of nitrogens with one attached hydrogen (secondary N) is 1. The molecule has 1 aliphatic rings. The maximum absolute atomic E-state index is 13.5. The molecule has 0 saturated heterocycles. The lowest BCUT2D eigenvalue weighted by atomic mass is 9.99. The standard InChI is InChI=1S/C14H20FNO2/c1-2-16-14(10-17)8-7-11(9-14)18-13-6-4-3-5-12(13)15/h3-6,11,16-17H,2,7-10H2,1H3. The molecule has 100 valence electrons. The molecule has 1 fully saturated rings. The first-order chi connectivity index (χ1) is 8.69. The van der Waals surface area contributed by atoms with Gasteiger partial charge in [-0.3, -0.25) is 0 Å². The molecule has 1 saturated carbocycles.